The molecule has 0 radical (unpaired) electrons. The average molecular weight is 398 g/mol. The Morgan fingerprint density at radius 2 is 1.90 bits per heavy atom. The van der Waals surface area contributed by atoms with E-state index < -0.39 is 11.4 Å². The van der Waals surface area contributed by atoms with Crippen LogP contribution in [0.15, 0.2) is 30.3 Å². The molecule has 29 heavy (non-hydrogen) atoms. The van der Waals surface area contributed by atoms with Gasteiger partial charge in [0.15, 0.2) is 0 Å². The van der Waals surface area contributed by atoms with E-state index in [1.54, 1.807) is 11.6 Å². The van der Waals surface area contributed by atoms with Crippen molar-refractivity contribution in [3.8, 4) is 0 Å². The van der Waals surface area contributed by atoms with Crippen molar-refractivity contribution in [1.29, 1.82) is 0 Å². The van der Waals surface area contributed by atoms with E-state index in [-0.39, 0.29) is 11.9 Å². The van der Waals surface area contributed by atoms with Crippen molar-refractivity contribution >= 4 is 23.9 Å². The zero-order valence-corrected chi connectivity index (χ0v) is 16.3. The van der Waals surface area contributed by atoms with Gasteiger partial charge in [0.1, 0.15) is 5.54 Å². The van der Waals surface area contributed by atoms with Gasteiger partial charge in [0.05, 0.1) is 0 Å². The molecule has 1 aliphatic carbocycles. The molecule has 1 aromatic carbocycles. The van der Waals surface area contributed by atoms with Crippen LogP contribution in [0.5, 0.6) is 0 Å². The van der Waals surface area contributed by atoms with E-state index in [1.807, 2.05) is 24.3 Å². The van der Waals surface area contributed by atoms with E-state index in [4.69, 9.17) is 5.21 Å². The lowest BCUT2D eigenvalue weighted by Gasteiger charge is -2.37. The molecule has 3 aliphatic rings. The maximum Gasteiger partial charge on any atom is 0.325 e. The molecule has 154 valence electrons. The summed E-state index contributed by atoms with van der Waals surface area (Å²) in [6, 6.07) is 7.60. The van der Waals surface area contributed by atoms with Crippen molar-refractivity contribution in [3.63, 3.8) is 0 Å². The van der Waals surface area contributed by atoms with Gasteiger partial charge >= 0.3 is 6.03 Å². The fourth-order valence-electron chi connectivity index (χ4n) is 4.03. The van der Waals surface area contributed by atoms with Crippen LogP contribution in [0, 0.1) is 5.92 Å². The number of urea groups is 1. The summed E-state index contributed by atoms with van der Waals surface area (Å²) >= 11 is 0. The predicted molar refractivity (Wildman–Crippen MR) is 106 cm³/mol. The lowest BCUT2D eigenvalue weighted by molar-refractivity contribution is -0.133. The van der Waals surface area contributed by atoms with Crippen LogP contribution >= 0.6 is 0 Å². The monoisotopic (exact) mass is 398 g/mol. The molecule has 8 heteroatoms. The van der Waals surface area contributed by atoms with Crippen LogP contribution in [0.3, 0.4) is 0 Å². The zero-order valence-electron chi connectivity index (χ0n) is 16.3. The SMILES string of the molecule is O=C(/C=C/c1ccc(CN2CCC3(CC2)NC(=O)N(CC2CC2)C3=O)cc1)NO. The number of amides is 4. The van der Waals surface area contributed by atoms with Crippen LogP contribution < -0.4 is 10.8 Å². The number of hydrogen-bond donors (Lipinski definition) is 3. The van der Waals surface area contributed by atoms with Crippen molar-refractivity contribution in [1.82, 2.24) is 20.6 Å². The molecule has 2 aliphatic heterocycles. The lowest BCUT2D eigenvalue weighted by atomic mass is 9.87. The number of imide groups is 1. The molecule has 2 heterocycles. The van der Waals surface area contributed by atoms with Gasteiger partial charge in [-0.2, -0.15) is 0 Å². The molecular weight excluding hydrogens is 372 g/mol. The Balaban J connectivity index is 1.31. The van der Waals surface area contributed by atoms with Gasteiger partial charge in [-0.25, -0.2) is 10.3 Å². The number of rotatable bonds is 6. The number of piperidine rings is 1. The van der Waals surface area contributed by atoms with Crippen LogP contribution in [0.2, 0.25) is 0 Å². The molecule has 0 aromatic heterocycles. The van der Waals surface area contributed by atoms with Crippen LogP contribution in [0.1, 0.15) is 36.8 Å². The number of carbonyl (C=O) groups excluding carboxylic acids is 3. The normalized spacial score (nSPS) is 21.8. The molecule has 1 aromatic rings. The zero-order chi connectivity index (χ0) is 20.4. The van der Waals surface area contributed by atoms with Crippen LogP contribution in [-0.4, -0.2) is 58.0 Å². The van der Waals surface area contributed by atoms with E-state index in [2.05, 4.69) is 10.2 Å². The third kappa shape index (κ3) is 4.33. The third-order valence-electron chi connectivity index (χ3n) is 6.02. The molecule has 3 N–H and O–H groups in total. The van der Waals surface area contributed by atoms with Crippen LogP contribution in [0.4, 0.5) is 4.79 Å². The maximum absolute atomic E-state index is 12.9. The molecular formula is C21H26N4O4. The summed E-state index contributed by atoms with van der Waals surface area (Å²) in [4.78, 5) is 39.9. The van der Waals surface area contributed by atoms with Crippen molar-refractivity contribution in [3.05, 3.63) is 41.5 Å². The number of nitrogens with one attached hydrogen (secondary N) is 2. The molecule has 0 atom stereocenters. The highest BCUT2D eigenvalue weighted by molar-refractivity contribution is 6.07. The van der Waals surface area contributed by atoms with Gasteiger partial charge in [-0.3, -0.25) is 24.6 Å². The molecule has 4 amide bonds. The van der Waals surface area contributed by atoms with Crippen LogP contribution in [-0.2, 0) is 16.1 Å². The quantitative estimate of drug-likeness (QED) is 0.292. The maximum atomic E-state index is 12.9. The largest absolute Gasteiger partial charge is 0.325 e. The summed E-state index contributed by atoms with van der Waals surface area (Å²) in [7, 11) is 0. The first-order valence-corrected chi connectivity index (χ1v) is 10.1. The number of nitrogens with zero attached hydrogens (tertiary/aromatic N) is 2. The Hall–Kier alpha value is -2.71. The highest BCUT2D eigenvalue weighted by Gasteiger charge is 2.52. The van der Waals surface area contributed by atoms with Crippen LogP contribution in [0.25, 0.3) is 6.08 Å². The smallest absolute Gasteiger partial charge is 0.323 e. The summed E-state index contributed by atoms with van der Waals surface area (Å²) in [6.07, 6.45) is 6.38. The average Bonchev–Trinajstić information content (AvgIpc) is 3.53. The Bertz CT molecular complexity index is 824. The van der Waals surface area contributed by atoms with E-state index in [0.29, 0.717) is 25.3 Å². The van der Waals surface area contributed by atoms with E-state index >= 15 is 0 Å². The first-order valence-electron chi connectivity index (χ1n) is 10.1. The molecule has 0 bridgehead atoms. The van der Waals surface area contributed by atoms with Crippen molar-refractivity contribution in [2.75, 3.05) is 19.6 Å². The standard InChI is InChI=1S/C21H26N4O4/c26-18(23-29)8-7-15-1-3-16(4-2-15)13-24-11-9-21(10-12-24)19(27)25(20(28)22-21)14-17-5-6-17/h1-4,7-8,17,29H,5-6,9-14H2,(H,22,28)(H,23,26)/b8-7+. The molecule has 3 fully saturated rings. The predicted octanol–water partition coefficient (Wildman–Crippen LogP) is 1.50. The van der Waals surface area contributed by atoms with Gasteiger partial charge in [-0.15, -0.1) is 0 Å². The Morgan fingerprint density at radius 1 is 1.21 bits per heavy atom. The lowest BCUT2D eigenvalue weighted by Crippen LogP contribution is -2.54. The van der Waals surface area contributed by atoms with Gasteiger partial charge in [0.25, 0.3) is 11.8 Å². The fraction of sp³-hybridized carbons (Fsp3) is 0.476. The van der Waals surface area contributed by atoms with E-state index in [0.717, 1.165) is 43.6 Å². The summed E-state index contributed by atoms with van der Waals surface area (Å²) in [6.45, 7) is 2.84. The van der Waals surface area contributed by atoms with Gasteiger partial charge in [0.2, 0.25) is 0 Å². The van der Waals surface area contributed by atoms with Crippen molar-refractivity contribution in [2.24, 2.45) is 5.92 Å². The number of hydroxylamine groups is 1. The molecule has 1 spiro atoms. The van der Waals surface area contributed by atoms with Crippen molar-refractivity contribution < 1.29 is 19.6 Å². The Morgan fingerprint density at radius 3 is 2.52 bits per heavy atom. The second kappa shape index (κ2) is 7.96. The topological polar surface area (TPSA) is 102 Å². The summed E-state index contributed by atoms with van der Waals surface area (Å²) in [5.74, 6) is -0.117. The second-order valence-electron chi connectivity index (χ2n) is 8.20. The minimum atomic E-state index is -0.718. The number of hydrogen-bond acceptors (Lipinski definition) is 5. The highest BCUT2D eigenvalue weighted by Crippen LogP contribution is 2.35. The van der Waals surface area contributed by atoms with E-state index in [1.165, 1.54) is 11.0 Å². The molecule has 8 nitrogen and oxygen atoms in total. The minimum Gasteiger partial charge on any atom is -0.323 e. The minimum absolute atomic E-state index is 0.0443. The van der Waals surface area contributed by atoms with E-state index in [9.17, 15) is 14.4 Å². The van der Waals surface area contributed by atoms with Gasteiger partial charge in [0, 0.05) is 32.3 Å². The van der Waals surface area contributed by atoms with Gasteiger partial charge in [-0.05, 0) is 48.8 Å². The molecule has 0 unspecified atom stereocenters. The molecule has 2 saturated heterocycles. The number of benzene rings is 1. The Labute approximate surface area is 169 Å². The Kier molecular flexibility index (Phi) is 5.38. The second-order valence-corrected chi connectivity index (χ2v) is 8.20. The third-order valence-corrected chi connectivity index (χ3v) is 6.02. The fourth-order valence-corrected chi connectivity index (χ4v) is 4.03. The summed E-state index contributed by atoms with van der Waals surface area (Å²) < 4.78 is 0. The summed E-state index contributed by atoms with van der Waals surface area (Å²) in [5.41, 5.74) is 2.85. The number of carbonyl (C=O) groups is 3. The van der Waals surface area contributed by atoms with Gasteiger partial charge < -0.3 is 5.32 Å². The molecule has 4 rings (SSSR count). The number of likely N-dealkylation sites (tertiary alicyclic amines) is 1. The van der Waals surface area contributed by atoms with Gasteiger partial charge in [-0.1, -0.05) is 24.3 Å². The summed E-state index contributed by atoms with van der Waals surface area (Å²) in [5, 5.41) is 11.5. The first-order chi connectivity index (χ1) is 14.0. The molecule has 1 saturated carbocycles. The highest BCUT2D eigenvalue weighted by atomic mass is 16.5. The first kappa shape index (κ1) is 19.6. The van der Waals surface area contributed by atoms with Crippen molar-refractivity contribution in [2.45, 2.75) is 37.8 Å².